The smallest absolute Gasteiger partial charge is 0.278 e. The highest BCUT2D eigenvalue weighted by atomic mass is 16.5. The molecule has 1 amide bonds. The highest BCUT2D eigenvalue weighted by Crippen LogP contribution is 2.18. The number of carbonyl (C=O) groups excluding carboxylic acids is 1. The summed E-state index contributed by atoms with van der Waals surface area (Å²) >= 11 is 0. The van der Waals surface area contributed by atoms with Gasteiger partial charge in [0.25, 0.3) is 17.1 Å². The van der Waals surface area contributed by atoms with Crippen molar-refractivity contribution in [1.82, 2.24) is 19.6 Å². The molecule has 0 unspecified atom stereocenters. The molecule has 1 fully saturated rings. The van der Waals surface area contributed by atoms with E-state index >= 15 is 0 Å². The minimum Gasteiger partial charge on any atom is -0.379 e. The molecule has 9 heteroatoms. The molecular weight excluding hydrogens is 456 g/mol. The Bertz CT molecular complexity index is 1480. The first-order chi connectivity index (χ1) is 17.4. The molecule has 4 aromatic rings. The molecule has 186 valence electrons. The van der Waals surface area contributed by atoms with Gasteiger partial charge in [0.05, 0.1) is 25.8 Å². The maximum Gasteiger partial charge on any atom is 0.278 e. The fourth-order valence-electron chi connectivity index (χ4n) is 4.68. The van der Waals surface area contributed by atoms with Crippen molar-refractivity contribution < 1.29 is 14.1 Å². The van der Waals surface area contributed by atoms with Crippen molar-refractivity contribution in [3.05, 3.63) is 81.8 Å². The Balaban J connectivity index is 1.61. The molecule has 4 heterocycles. The lowest BCUT2D eigenvalue weighted by Gasteiger charge is -2.26. The summed E-state index contributed by atoms with van der Waals surface area (Å²) in [5, 5.41) is 3.38. The molecule has 0 bridgehead atoms. The molecule has 0 saturated carbocycles. The third-order valence-electron chi connectivity index (χ3n) is 6.81. The number of nitrogen functional groups attached to an aromatic ring is 1. The van der Waals surface area contributed by atoms with E-state index in [1.807, 2.05) is 56.3 Å². The number of amides is 1. The summed E-state index contributed by atoms with van der Waals surface area (Å²) in [7, 11) is 0. The molecule has 1 aromatic carbocycles. The standard InChI is InChI=1S/C27H30N6O3/c1-18-7-6-10-33-24(18)30-25-22(27(33)35)17-21(26(34)29-19(2)20-8-4-3-5-9-20)23(28)32(25)12-11-31-13-15-36-16-14-31/h3-10,17,19,28H,11-16H2,1-2H3,(H,29,34)/p+1/t19-/m0/s1. The van der Waals surface area contributed by atoms with Gasteiger partial charge in [0.1, 0.15) is 10.9 Å². The molecule has 1 atom stereocenters. The second-order valence-corrected chi connectivity index (χ2v) is 9.19. The van der Waals surface area contributed by atoms with Crippen LogP contribution in [0.25, 0.3) is 16.7 Å². The quantitative estimate of drug-likeness (QED) is 0.318. The summed E-state index contributed by atoms with van der Waals surface area (Å²) in [5.41, 5.74) is 9.57. The van der Waals surface area contributed by atoms with E-state index in [2.05, 4.69) is 10.2 Å². The Hall–Kier alpha value is -3.82. The Morgan fingerprint density at radius 2 is 1.94 bits per heavy atom. The van der Waals surface area contributed by atoms with Crippen molar-refractivity contribution in [2.24, 2.45) is 0 Å². The van der Waals surface area contributed by atoms with Crippen LogP contribution in [0.4, 0.5) is 5.82 Å². The first-order valence-electron chi connectivity index (χ1n) is 12.2. The average Bonchev–Trinajstić information content (AvgIpc) is 2.90. The molecule has 0 radical (unpaired) electrons. The fourth-order valence-corrected chi connectivity index (χ4v) is 4.68. The fraction of sp³-hybridized carbons (Fsp3) is 0.333. The van der Waals surface area contributed by atoms with Crippen molar-refractivity contribution in [3.63, 3.8) is 0 Å². The van der Waals surface area contributed by atoms with Crippen molar-refractivity contribution in [2.45, 2.75) is 26.4 Å². The largest absolute Gasteiger partial charge is 0.379 e. The maximum atomic E-state index is 13.5. The second-order valence-electron chi connectivity index (χ2n) is 9.19. The number of hydrogen-bond acceptors (Lipinski definition) is 6. The Kier molecular flexibility index (Phi) is 6.67. The van der Waals surface area contributed by atoms with Crippen LogP contribution in [0.15, 0.2) is 59.5 Å². The molecule has 0 spiro atoms. The summed E-state index contributed by atoms with van der Waals surface area (Å²) in [6.45, 7) is 8.05. The summed E-state index contributed by atoms with van der Waals surface area (Å²) in [5.74, 6) is -0.0435. The number of nitrogens with one attached hydrogen (secondary N) is 1. The maximum absolute atomic E-state index is 13.5. The molecule has 0 aliphatic carbocycles. The lowest BCUT2D eigenvalue weighted by Crippen LogP contribution is -2.48. The number of fused-ring (bicyclic) bond motifs is 2. The topological polar surface area (TPSA) is 106 Å². The van der Waals surface area contributed by atoms with Gasteiger partial charge in [0.2, 0.25) is 11.5 Å². The molecule has 1 aliphatic heterocycles. The third-order valence-corrected chi connectivity index (χ3v) is 6.81. The highest BCUT2D eigenvalue weighted by Gasteiger charge is 2.26. The van der Waals surface area contributed by atoms with Crippen molar-refractivity contribution in [1.29, 1.82) is 0 Å². The Labute approximate surface area is 209 Å². The van der Waals surface area contributed by atoms with Crippen LogP contribution in [0.1, 0.15) is 34.5 Å². The zero-order valence-electron chi connectivity index (χ0n) is 20.6. The second kappa shape index (κ2) is 10.0. The minimum atomic E-state index is -0.334. The lowest BCUT2D eigenvalue weighted by molar-refractivity contribution is -0.658. The van der Waals surface area contributed by atoms with Crippen molar-refractivity contribution in [3.8, 4) is 0 Å². The summed E-state index contributed by atoms with van der Waals surface area (Å²) in [4.78, 5) is 34.1. The van der Waals surface area contributed by atoms with Crippen LogP contribution in [0.5, 0.6) is 0 Å². The molecule has 36 heavy (non-hydrogen) atoms. The van der Waals surface area contributed by atoms with Crippen LogP contribution < -0.4 is 21.2 Å². The van der Waals surface area contributed by atoms with E-state index in [4.69, 9.17) is 15.5 Å². The lowest BCUT2D eigenvalue weighted by atomic mass is 10.1. The summed E-state index contributed by atoms with van der Waals surface area (Å²) in [6.07, 6.45) is 1.70. The summed E-state index contributed by atoms with van der Waals surface area (Å²) < 4.78 is 8.79. The van der Waals surface area contributed by atoms with Crippen LogP contribution in [0.2, 0.25) is 0 Å². The van der Waals surface area contributed by atoms with E-state index in [1.54, 1.807) is 16.8 Å². The SMILES string of the molecule is Cc1cccn2c(=O)c3cc(C(=O)N[C@@H](C)c4ccccc4)c(N)[n+](CCN4CCOCC4)c3nc12. The van der Waals surface area contributed by atoms with Crippen LogP contribution in [-0.4, -0.2) is 53.0 Å². The predicted octanol–water partition coefficient (Wildman–Crippen LogP) is 1.85. The van der Waals surface area contributed by atoms with Crippen molar-refractivity contribution >= 4 is 28.4 Å². The number of morpholine rings is 1. The average molecular weight is 488 g/mol. The molecule has 9 nitrogen and oxygen atoms in total. The molecule has 1 saturated heterocycles. The van der Waals surface area contributed by atoms with Crippen LogP contribution in [-0.2, 0) is 11.3 Å². The molecule has 3 aromatic heterocycles. The third kappa shape index (κ3) is 4.55. The first-order valence-corrected chi connectivity index (χ1v) is 12.2. The van der Waals surface area contributed by atoms with Crippen LogP contribution in [0, 0.1) is 6.92 Å². The van der Waals surface area contributed by atoms with E-state index in [9.17, 15) is 9.59 Å². The van der Waals surface area contributed by atoms with Gasteiger partial charge >= 0.3 is 0 Å². The number of hydrogen-bond donors (Lipinski definition) is 2. The van der Waals surface area contributed by atoms with Gasteiger partial charge < -0.3 is 15.8 Å². The monoisotopic (exact) mass is 487 g/mol. The Morgan fingerprint density at radius 1 is 1.19 bits per heavy atom. The number of nitrogens with zero attached hydrogens (tertiary/aromatic N) is 4. The van der Waals surface area contributed by atoms with Gasteiger partial charge in [-0.25, -0.2) is 4.57 Å². The molecule has 3 N–H and O–H groups in total. The molecule has 1 aliphatic rings. The predicted molar refractivity (Wildman–Crippen MR) is 138 cm³/mol. The van der Waals surface area contributed by atoms with E-state index < -0.39 is 0 Å². The van der Waals surface area contributed by atoms with E-state index in [0.29, 0.717) is 48.8 Å². The number of aryl methyl sites for hydroxylation is 1. The highest BCUT2D eigenvalue weighted by molar-refractivity contribution is 6.00. The molecular formula is C27H31N6O3+. The minimum absolute atomic E-state index is 0.228. The van der Waals surface area contributed by atoms with Gasteiger partial charge in [0, 0.05) is 31.4 Å². The number of benzene rings is 1. The van der Waals surface area contributed by atoms with Gasteiger partial charge in [-0.3, -0.25) is 18.9 Å². The summed E-state index contributed by atoms with van der Waals surface area (Å²) in [6, 6.07) is 14.8. The van der Waals surface area contributed by atoms with E-state index in [1.165, 1.54) is 4.40 Å². The number of pyridine rings is 2. The van der Waals surface area contributed by atoms with Gasteiger partial charge in [-0.15, -0.1) is 0 Å². The van der Waals surface area contributed by atoms with Gasteiger partial charge in [-0.1, -0.05) is 41.4 Å². The van der Waals surface area contributed by atoms with Gasteiger partial charge in [0.15, 0.2) is 0 Å². The normalized spacial score (nSPS) is 15.3. The zero-order chi connectivity index (χ0) is 25.2. The van der Waals surface area contributed by atoms with E-state index in [0.717, 1.165) is 24.2 Å². The zero-order valence-corrected chi connectivity index (χ0v) is 20.6. The number of nitrogens with two attached hydrogens (primary N) is 1. The Morgan fingerprint density at radius 3 is 2.69 bits per heavy atom. The first kappa shape index (κ1) is 23.9. The van der Waals surface area contributed by atoms with Crippen LogP contribution in [0.3, 0.4) is 0 Å². The number of rotatable bonds is 6. The number of carbonyl (C=O) groups is 1. The van der Waals surface area contributed by atoms with E-state index in [-0.39, 0.29) is 23.1 Å². The van der Waals surface area contributed by atoms with Gasteiger partial charge in [-0.05, 0) is 31.5 Å². The number of ether oxygens (including phenoxy) is 1. The van der Waals surface area contributed by atoms with Crippen molar-refractivity contribution in [2.75, 3.05) is 38.6 Å². The number of anilines is 1. The van der Waals surface area contributed by atoms with Crippen LogP contribution >= 0.6 is 0 Å². The number of aromatic nitrogens is 3. The molecule has 5 rings (SSSR count). The van der Waals surface area contributed by atoms with Gasteiger partial charge in [-0.2, -0.15) is 0 Å².